The van der Waals surface area contributed by atoms with Crippen LogP contribution in [0.3, 0.4) is 0 Å². The second kappa shape index (κ2) is 7.04. The lowest BCUT2D eigenvalue weighted by atomic mass is 10.2. The van der Waals surface area contributed by atoms with E-state index in [9.17, 15) is 0 Å². The zero-order chi connectivity index (χ0) is 13.0. The summed E-state index contributed by atoms with van der Waals surface area (Å²) in [4.78, 5) is 0. The maximum absolute atomic E-state index is 5.21. The molecular weight excluding hydrogens is 262 g/mol. The van der Waals surface area contributed by atoms with E-state index in [0.29, 0.717) is 0 Å². The average Bonchev–Trinajstić information content (AvgIpc) is 2.77. The summed E-state index contributed by atoms with van der Waals surface area (Å²) in [6.07, 6.45) is 0. The van der Waals surface area contributed by atoms with Crippen molar-refractivity contribution < 1.29 is 4.74 Å². The zero-order valence-corrected chi connectivity index (χ0v) is 12.3. The molecule has 0 aliphatic carbocycles. The second-order valence-electron chi connectivity index (χ2n) is 4.19. The Morgan fingerprint density at radius 3 is 2.79 bits per heavy atom. The molecule has 0 radical (unpaired) electrons. The summed E-state index contributed by atoms with van der Waals surface area (Å²) in [7, 11) is 1.68. The molecule has 1 aromatic heterocycles. The average molecular weight is 282 g/mol. The summed E-state index contributed by atoms with van der Waals surface area (Å²) in [5.41, 5.74) is 2.22. The molecule has 0 fully saturated rings. The van der Waals surface area contributed by atoms with E-state index in [1.165, 1.54) is 5.56 Å². The molecule has 1 N–H and O–H groups in total. The molecule has 2 rings (SSSR count). The Bertz CT molecular complexity index is 525. The first kappa shape index (κ1) is 15.4. The Morgan fingerprint density at radius 2 is 2.11 bits per heavy atom. The lowest BCUT2D eigenvalue weighted by molar-refractivity contribution is 0.414. The van der Waals surface area contributed by atoms with E-state index in [0.717, 1.165) is 30.4 Å². The third kappa shape index (κ3) is 3.89. The van der Waals surface area contributed by atoms with Crippen molar-refractivity contribution in [3.63, 3.8) is 0 Å². The van der Waals surface area contributed by atoms with Gasteiger partial charge in [0.1, 0.15) is 11.6 Å². The molecule has 0 unspecified atom stereocenters. The minimum atomic E-state index is 0. The van der Waals surface area contributed by atoms with Crippen LogP contribution in [0.5, 0.6) is 5.75 Å². The van der Waals surface area contributed by atoms with E-state index in [2.05, 4.69) is 29.5 Å². The van der Waals surface area contributed by atoms with Crippen molar-refractivity contribution in [2.24, 2.45) is 0 Å². The normalized spacial score (nSPS) is 9.84. The van der Waals surface area contributed by atoms with Crippen LogP contribution in [0.15, 0.2) is 30.3 Å². The first-order valence-electron chi connectivity index (χ1n) is 6.14. The van der Waals surface area contributed by atoms with Crippen LogP contribution in [0.2, 0.25) is 0 Å². The van der Waals surface area contributed by atoms with Gasteiger partial charge in [0.15, 0.2) is 0 Å². The summed E-state index contributed by atoms with van der Waals surface area (Å²) < 4.78 is 7.18. The monoisotopic (exact) mass is 281 g/mol. The van der Waals surface area contributed by atoms with Crippen LogP contribution in [-0.4, -0.2) is 16.9 Å². The van der Waals surface area contributed by atoms with Crippen molar-refractivity contribution in [2.75, 3.05) is 12.4 Å². The molecule has 0 bridgehead atoms. The predicted octanol–water partition coefficient (Wildman–Crippen LogP) is 3.25. The maximum Gasteiger partial charge on any atom is 0.124 e. The van der Waals surface area contributed by atoms with E-state index in [1.54, 1.807) is 7.11 Å². The molecule has 0 saturated carbocycles. The van der Waals surface area contributed by atoms with Crippen molar-refractivity contribution in [3.8, 4) is 5.75 Å². The van der Waals surface area contributed by atoms with Crippen molar-refractivity contribution in [3.05, 3.63) is 41.6 Å². The largest absolute Gasteiger partial charge is 0.497 e. The highest BCUT2D eigenvalue weighted by Gasteiger charge is 2.03. The molecule has 0 aliphatic heterocycles. The number of anilines is 1. The number of ether oxygens (including phenoxy) is 1. The Morgan fingerprint density at radius 1 is 1.32 bits per heavy atom. The number of aromatic nitrogens is 2. The Balaban J connectivity index is 0.00000180. The van der Waals surface area contributed by atoms with E-state index in [-0.39, 0.29) is 12.4 Å². The number of hydrogen-bond acceptors (Lipinski definition) is 3. The summed E-state index contributed by atoms with van der Waals surface area (Å²) in [5.74, 6) is 1.94. The fourth-order valence-electron chi connectivity index (χ4n) is 1.90. The van der Waals surface area contributed by atoms with E-state index in [4.69, 9.17) is 4.74 Å². The number of halogens is 1. The molecular formula is C14H20ClN3O. The Labute approximate surface area is 120 Å². The van der Waals surface area contributed by atoms with Gasteiger partial charge in [-0.3, -0.25) is 0 Å². The predicted molar refractivity (Wildman–Crippen MR) is 80.2 cm³/mol. The van der Waals surface area contributed by atoms with Gasteiger partial charge in [0.2, 0.25) is 0 Å². The molecule has 0 saturated heterocycles. The minimum absolute atomic E-state index is 0. The third-order valence-electron chi connectivity index (χ3n) is 2.81. The summed E-state index contributed by atoms with van der Waals surface area (Å²) in [6.45, 7) is 5.72. The van der Waals surface area contributed by atoms with Crippen molar-refractivity contribution in [1.29, 1.82) is 0 Å². The van der Waals surface area contributed by atoms with Gasteiger partial charge in [-0.25, -0.2) is 4.68 Å². The van der Waals surface area contributed by atoms with E-state index >= 15 is 0 Å². The number of benzene rings is 1. The smallest absolute Gasteiger partial charge is 0.124 e. The van der Waals surface area contributed by atoms with Gasteiger partial charge in [-0.05, 0) is 31.5 Å². The molecule has 0 atom stereocenters. The fourth-order valence-corrected chi connectivity index (χ4v) is 1.90. The van der Waals surface area contributed by atoms with Gasteiger partial charge >= 0.3 is 0 Å². The van der Waals surface area contributed by atoms with Crippen molar-refractivity contribution >= 4 is 18.2 Å². The standard InChI is InChI=1S/C14H19N3O.ClH/c1-4-17-14(8-11(2)16-17)15-10-12-6-5-7-13(9-12)18-3;/h5-9,15H,4,10H2,1-3H3;1H. The molecule has 19 heavy (non-hydrogen) atoms. The van der Waals surface area contributed by atoms with Crippen LogP contribution < -0.4 is 10.1 Å². The Hall–Kier alpha value is -1.68. The summed E-state index contributed by atoms with van der Waals surface area (Å²) >= 11 is 0. The van der Waals surface area contributed by atoms with E-state index in [1.807, 2.05) is 29.8 Å². The van der Waals surface area contributed by atoms with Gasteiger partial charge < -0.3 is 10.1 Å². The first-order valence-corrected chi connectivity index (χ1v) is 6.14. The molecule has 0 spiro atoms. The number of hydrogen-bond donors (Lipinski definition) is 1. The minimum Gasteiger partial charge on any atom is -0.497 e. The van der Waals surface area contributed by atoms with Crippen LogP contribution >= 0.6 is 12.4 Å². The molecule has 1 heterocycles. The summed E-state index contributed by atoms with van der Waals surface area (Å²) in [6, 6.07) is 10.1. The van der Waals surface area contributed by atoms with Gasteiger partial charge in [-0.15, -0.1) is 12.4 Å². The Kier molecular flexibility index (Phi) is 5.70. The lowest BCUT2D eigenvalue weighted by Crippen LogP contribution is -2.06. The van der Waals surface area contributed by atoms with Crippen molar-refractivity contribution in [1.82, 2.24) is 9.78 Å². The number of aryl methyl sites for hydroxylation is 2. The summed E-state index contributed by atoms with van der Waals surface area (Å²) in [5, 5.41) is 7.80. The molecule has 5 heteroatoms. The maximum atomic E-state index is 5.21. The molecule has 0 amide bonds. The van der Waals surface area contributed by atoms with Crippen LogP contribution in [0.25, 0.3) is 0 Å². The highest BCUT2D eigenvalue weighted by Crippen LogP contribution is 2.15. The molecule has 0 aliphatic rings. The van der Waals surface area contributed by atoms with Gasteiger partial charge in [0.05, 0.1) is 12.8 Å². The van der Waals surface area contributed by atoms with Gasteiger partial charge in [-0.1, -0.05) is 12.1 Å². The molecule has 4 nitrogen and oxygen atoms in total. The molecule has 104 valence electrons. The fraction of sp³-hybridized carbons (Fsp3) is 0.357. The third-order valence-corrected chi connectivity index (χ3v) is 2.81. The SMILES string of the molecule is CCn1nc(C)cc1NCc1cccc(OC)c1.Cl. The van der Waals surface area contributed by atoms with Gasteiger partial charge in [-0.2, -0.15) is 5.10 Å². The van der Waals surface area contributed by atoms with Crippen molar-refractivity contribution in [2.45, 2.75) is 26.9 Å². The topological polar surface area (TPSA) is 39.1 Å². The highest BCUT2D eigenvalue weighted by molar-refractivity contribution is 5.85. The first-order chi connectivity index (χ1) is 8.72. The quantitative estimate of drug-likeness (QED) is 0.914. The second-order valence-corrected chi connectivity index (χ2v) is 4.19. The van der Waals surface area contributed by atoms with Crippen LogP contribution in [-0.2, 0) is 13.1 Å². The van der Waals surface area contributed by atoms with Crippen LogP contribution in [0, 0.1) is 6.92 Å². The molecule has 1 aromatic carbocycles. The van der Waals surface area contributed by atoms with Crippen LogP contribution in [0.1, 0.15) is 18.2 Å². The molecule has 2 aromatic rings. The highest BCUT2D eigenvalue weighted by atomic mass is 35.5. The lowest BCUT2D eigenvalue weighted by Gasteiger charge is -2.09. The number of nitrogens with zero attached hydrogens (tertiary/aromatic N) is 2. The van der Waals surface area contributed by atoms with Gasteiger partial charge in [0, 0.05) is 19.2 Å². The van der Waals surface area contributed by atoms with Gasteiger partial charge in [0.25, 0.3) is 0 Å². The zero-order valence-electron chi connectivity index (χ0n) is 11.5. The number of methoxy groups -OCH3 is 1. The van der Waals surface area contributed by atoms with Crippen LogP contribution in [0.4, 0.5) is 5.82 Å². The van der Waals surface area contributed by atoms with E-state index < -0.39 is 0 Å². The number of rotatable bonds is 5. The number of nitrogens with one attached hydrogen (secondary N) is 1.